The third-order valence-electron chi connectivity index (χ3n) is 13.9. The highest BCUT2D eigenvalue weighted by Crippen LogP contribution is 2.28. The predicted octanol–water partition coefficient (Wildman–Crippen LogP) is 5.00. The molecule has 0 radical (unpaired) electrons. The Morgan fingerprint density at radius 2 is 0.946 bits per heavy atom. The predicted molar refractivity (Wildman–Crippen MR) is 285 cm³/mol. The summed E-state index contributed by atoms with van der Waals surface area (Å²) in [4.78, 5) is 119. The number of carbonyl (C=O) groups excluding carboxylic acids is 2. The van der Waals surface area contributed by atoms with E-state index in [1.54, 1.807) is 12.4 Å². The smallest absolute Gasteiger partial charge is 0.345 e. The van der Waals surface area contributed by atoms with Gasteiger partial charge in [0.25, 0.3) is 11.1 Å². The van der Waals surface area contributed by atoms with E-state index in [1.165, 1.54) is 9.13 Å². The Morgan fingerprint density at radius 1 is 0.581 bits per heavy atom. The summed E-state index contributed by atoms with van der Waals surface area (Å²) >= 11 is 0. The number of unbranched alkanes of at least 4 members (excludes halogenated alkanes) is 2. The number of hydroxylamine groups is 6. The van der Waals surface area contributed by atoms with Gasteiger partial charge in [0, 0.05) is 96.0 Å². The Kier molecular flexibility index (Phi) is 19.1. The van der Waals surface area contributed by atoms with Gasteiger partial charge >= 0.3 is 23.3 Å². The van der Waals surface area contributed by atoms with Gasteiger partial charge in [-0.15, -0.1) is 9.29 Å². The van der Waals surface area contributed by atoms with Crippen LogP contribution in [0.4, 0.5) is 11.6 Å². The van der Waals surface area contributed by atoms with Gasteiger partial charge in [-0.2, -0.15) is 0 Å². The van der Waals surface area contributed by atoms with Crippen molar-refractivity contribution in [2.24, 2.45) is 0 Å². The van der Waals surface area contributed by atoms with E-state index in [9.17, 15) is 28.8 Å². The normalized spacial score (nSPS) is 15.9. The highest BCUT2D eigenvalue weighted by molar-refractivity contribution is 5.91. The number of H-pyrrole nitrogens is 2. The van der Waals surface area contributed by atoms with Crippen LogP contribution in [0.2, 0.25) is 0 Å². The topological polar surface area (TPSA) is 220 Å². The molecular weight excluding hydrogens is 945 g/mol. The third kappa shape index (κ3) is 15.2. The number of quaternary nitrogens is 2. The van der Waals surface area contributed by atoms with Gasteiger partial charge in [-0.1, -0.05) is 82.1 Å². The van der Waals surface area contributed by atoms with Crippen LogP contribution in [0.5, 0.6) is 0 Å². The van der Waals surface area contributed by atoms with Crippen LogP contribution in [0.1, 0.15) is 142 Å². The Labute approximate surface area is 435 Å². The molecule has 0 aromatic carbocycles. The van der Waals surface area contributed by atoms with Gasteiger partial charge in [0.15, 0.2) is 0 Å². The van der Waals surface area contributed by atoms with Crippen molar-refractivity contribution < 1.29 is 28.6 Å². The van der Waals surface area contributed by atoms with Crippen molar-refractivity contribution in [2.75, 3.05) is 75.2 Å². The average molecular weight is 1030 g/mol. The summed E-state index contributed by atoms with van der Waals surface area (Å²) < 4.78 is 3.04. The number of nitrogens with zero attached hydrogens (tertiary/aromatic N) is 10. The van der Waals surface area contributed by atoms with Crippen LogP contribution in [-0.2, 0) is 68.9 Å². The molecule has 6 heterocycles. The zero-order valence-corrected chi connectivity index (χ0v) is 45.8. The van der Waals surface area contributed by atoms with Crippen molar-refractivity contribution in [2.45, 2.75) is 157 Å². The molecule has 20 nitrogen and oxygen atoms in total. The van der Waals surface area contributed by atoms with Crippen LogP contribution in [0.25, 0.3) is 0 Å². The van der Waals surface area contributed by atoms with Crippen molar-refractivity contribution in [1.29, 1.82) is 0 Å². The third-order valence-corrected chi connectivity index (χ3v) is 13.9. The highest BCUT2D eigenvalue weighted by atomic mass is 16.8. The number of aromatic nitrogens is 8. The first kappa shape index (κ1) is 57.0. The lowest BCUT2D eigenvalue weighted by atomic mass is 9.95. The standard InChI is InChI=1S/C54H80N12O8/c1-11-19-41-35-43(57-49(55-41)53(5,6)7)61-25-31-65(32-26-61,29-17-15-23-63-37-39(13-3)47(69)59-51(63)71)73-45(67)21-22-46(68)74-66(30-18-16-24-64-38-40(14-4)48(70)60-52(64)72)33-27-62(28-34-66)44-36-42(20-12-2)56-50(58-44)54(8,9)10/h21-22,35-38H,11-20,23-34H2,1-10H3/p+2/b22-21+. The molecule has 0 saturated carbocycles. The number of rotatable bonds is 22. The van der Waals surface area contributed by atoms with E-state index in [0.717, 1.165) is 72.5 Å². The SMILES string of the molecule is CCCc1cc(N2CC[N+](CCCCn3cc(CC)c(=O)[nH]c3=O)(OC(=O)/C=C/C(=O)O[N+]3(CCCCn4cc(CC)c(=O)[nH]c4=O)CCN(c4cc(CCC)nc(C(C)(C)C)n4)CC3)CC2)nc(C(C)(C)C)n1. The summed E-state index contributed by atoms with van der Waals surface area (Å²) in [6, 6.07) is 4.11. The molecule has 0 unspecified atom stereocenters. The molecule has 6 rings (SSSR count). The summed E-state index contributed by atoms with van der Waals surface area (Å²) in [6.45, 7) is 26.3. The molecule has 74 heavy (non-hydrogen) atoms. The number of anilines is 2. The fraction of sp³-hybridized carbons (Fsp3) is 0.630. The molecule has 2 saturated heterocycles. The van der Waals surface area contributed by atoms with Gasteiger partial charge in [-0.3, -0.25) is 29.2 Å². The van der Waals surface area contributed by atoms with Crippen LogP contribution in [0.3, 0.4) is 0 Å². The van der Waals surface area contributed by atoms with Crippen LogP contribution >= 0.6 is 0 Å². The molecule has 20 heteroatoms. The molecule has 4 aromatic rings. The van der Waals surface area contributed by atoms with E-state index in [1.807, 2.05) is 13.8 Å². The second kappa shape index (κ2) is 24.8. The molecule has 2 fully saturated rings. The average Bonchev–Trinajstić information content (AvgIpc) is 3.34. The van der Waals surface area contributed by atoms with Crippen LogP contribution in [0.15, 0.2) is 55.9 Å². The Bertz CT molecular complexity index is 2650. The zero-order valence-electron chi connectivity index (χ0n) is 45.8. The number of aromatic amines is 2. The molecule has 0 amide bonds. The van der Waals surface area contributed by atoms with Crippen molar-refractivity contribution in [3.8, 4) is 0 Å². The lowest BCUT2D eigenvalue weighted by molar-refractivity contribution is -1.09. The summed E-state index contributed by atoms with van der Waals surface area (Å²) in [5, 5.41) is 0. The van der Waals surface area contributed by atoms with E-state index < -0.39 is 23.3 Å². The van der Waals surface area contributed by atoms with Gasteiger partial charge in [-0.25, -0.2) is 39.1 Å². The van der Waals surface area contributed by atoms with Crippen molar-refractivity contribution in [3.63, 3.8) is 0 Å². The molecule has 2 aliphatic heterocycles. The number of nitrogens with one attached hydrogen (secondary N) is 2. The first-order chi connectivity index (χ1) is 35.1. The van der Waals surface area contributed by atoms with Gasteiger partial charge in [-0.05, 0) is 38.5 Å². The maximum Gasteiger partial charge on any atom is 0.390 e. The molecule has 2 N–H and O–H groups in total. The maximum atomic E-state index is 13.9. The van der Waals surface area contributed by atoms with E-state index in [4.69, 9.17) is 29.6 Å². The Hall–Kier alpha value is -6.28. The van der Waals surface area contributed by atoms with Gasteiger partial charge in [0.2, 0.25) is 0 Å². The lowest BCUT2D eigenvalue weighted by Crippen LogP contribution is -2.61. The first-order valence-corrected chi connectivity index (χ1v) is 26.9. The van der Waals surface area contributed by atoms with E-state index in [0.29, 0.717) is 128 Å². The summed E-state index contributed by atoms with van der Waals surface area (Å²) in [5.74, 6) is 1.86. The van der Waals surface area contributed by atoms with E-state index in [2.05, 4.69) is 87.3 Å². The van der Waals surface area contributed by atoms with E-state index >= 15 is 0 Å². The van der Waals surface area contributed by atoms with Gasteiger partial charge < -0.3 is 18.9 Å². The fourth-order valence-corrected chi connectivity index (χ4v) is 9.46. The summed E-state index contributed by atoms with van der Waals surface area (Å²) in [6.07, 6.45) is 12.5. The lowest BCUT2D eigenvalue weighted by Gasteiger charge is -2.42. The zero-order chi connectivity index (χ0) is 53.8. The summed E-state index contributed by atoms with van der Waals surface area (Å²) in [5.41, 5.74) is 0.854. The Balaban J connectivity index is 1.18. The molecule has 0 bridgehead atoms. The highest BCUT2D eigenvalue weighted by Gasteiger charge is 2.40. The minimum atomic E-state index is -0.683. The minimum Gasteiger partial charge on any atom is -0.345 e. The quantitative estimate of drug-likeness (QED) is 0.0602. The molecular formula is C54H82N12O8+2. The van der Waals surface area contributed by atoms with Crippen LogP contribution in [0, 0.1) is 0 Å². The minimum absolute atomic E-state index is 0.00238. The molecule has 0 aliphatic carbocycles. The van der Waals surface area contributed by atoms with Gasteiger partial charge in [0.1, 0.15) is 62.6 Å². The second-order valence-corrected chi connectivity index (χ2v) is 22.0. The maximum absolute atomic E-state index is 13.9. The molecule has 4 aromatic heterocycles. The number of piperazine rings is 2. The monoisotopic (exact) mass is 1030 g/mol. The number of hydrogen-bond acceptors (Lipinski definition) is 14. The second-order valence-electron chi connectivity index (χ2n) is 22.0. The first-order valence-electron chi connectivity index (χ1n) is 26.9. The molecule has 2 aliphatic rings. The van der Waals surface area contributed by atoms with Gasteiger partial charge in [0.05, 0.1) is 26.2 Å². The number of carbonyl (C=O) groups is 2. The molecule has 404 valence electrons. The van der Waals surface area contributed by atoms with E-state index in [-0.39, 0.29) is 31.2 Å². The largest absolute Gasteiger partial charge is 0.390 e. The summed E-state index contributed by atoms with van der Waals surface area (Å²) in [7, 11) is 0. The number of aryl methyl sites for hydroxylation is 6. The molecule has 0 atom stereocenters. The van der Waals surface area contributed by atoms with Crippen LogP contribution in [-0.4, -0.2) is 126 Å². The number of hydrogen-bond donors (Lipinski definition) is 2. The molecule has 0 spiro atoms. The fourth-order valence-electron chi connectivity index (χ4n) is 9.46. The van der Waals surface area contributed by atoms with Crippen LogP contribution < -0.4 is 32.3 Å². The van der Waals surface area contributed by atoms with Crippen molar-refractivity contribution in [1.82, 2.24) is 39.0 Å². The van der Waals surface area contributed by atoms with Crippen molar-refractivity contribution >= 4 is 23.6 Å². The van der Waals surface area contributed by atoms with Crippen molar-refractivity contribution in [3.05, 3.63) is 113 Å². The Morgan fingerprint density at radius 3 is 1.27 bits per heavy atom.